The van der Waals surface area contributed by atoms with E-state index in [9.17, 15) is 0 Å². The van der Waals surface area contributed by atoms with Gasteiger partial charge in [0.15, 0.2) is 34.5 Å². The molecular formula is C39H44N2O7. The summed E-state index contributed by atoms with van der Waals surface area (Å²) in [5.41, 5.74) is 6.78. The van der Waals surface area contributed by atoms with Crippen molar-refractivity contribution in [2.24, 2.45) is 0 Å². The van der Waals surface area contributed by atoms with E-state index in [4.69, 9.17) is 33.2 Å². The maximum Gasteiger partial charge on any atom is 0.211 e. The highest BCUT2D eigenvalue weighted by atomic mass is 16.6. The van der Waals surface area contributed by atoms with Crippen molar-refractivity contribution in [1.82, 2.24) is 9.80 Å². The van der Waals surface area contributed by atoms with E-state index in [1.807, 2.05) is 18.2 Å². The van der Waals surface area contributed by atoms with E-state index in [0.717, 1.165) is 60.4 Å². The second-order valence-electron chi connectivity index (χ2n) is 12.8. The van der Waals surface area contributed by atoms with Crippen LogP contribution >= 0.6 is 0 Å². The molecule has 0 aliphatic carbocycles. The third-order valence-electron chi connectivity index (χ3n) is 10.1. The molecule has 9 heteroatoms. The van der Waals surface area contributed by atoms with E-state index < -0.39 is 0 Å². The van der Waals surface area contributed by atoms with Gasteiger partial charge in [0, 0.05) is 36.3 Å². The van der Waals surface area contributed by atoms with Gasteiger partial charge in [-0.05, 0) is 98.4 Å². The van der Waals surface area contributed by atoms with Crippen LogP contribution in [0.3, 0.4) is 0 Å². The first-order chi connectivity index (χ1) is 23.4. The first-order valence-corrected chi connectivity index (χ1v) is 16.4. The van der Waals surface area contributed by atoms with Gasteiger partial charge in [-0.15, -0.1) is 0 Å². The summed E-state index contributed by atoms with van der Waals surface area (Å²) in [5.74, 6) is 5.66. The van der Waals surface area contributed by atoms with Crippen molar-refractivity contribution in [3.8, 4) is 51.7 Å². The van der Waals surface area contributed by atoms with Crippen molar-refractivity contribution in [3.63, 3.8) is 0 Å². The van der Waals surface area contributed by atoms with E-state index in [1.54, 1.807) is 35.5 Å². The number of fused-ring (bicyclic) bond motifs is 2. The van der Waals surface area contributed by atoms with E-state index >= 15 is 0 Å². The highest BCUT2D eigenvalue weighted by Crippen LogP contribution is 2.55. The Hall–Kier alpha value is -4.60. The average molecular weight is 653 g/mol. The summed E-state index contributed by atoms with van der Waals surface area (Å²) in [5, 5.41) is 0. The molecule has 4 heterocycles. The zero-order chi connectivity index (χ0) is 33.5. The molecule has 4 aromatic rings. The Balaban J connectivity index is 1.51. The summed E-state index contributed by atoms with van der Waals surface area (Å²) in [7, 11) is 12.7. The Bertz CT molecular complexity index is 1820. The lowest BCUT2D eigenvalue weighted by Gasteiger charge is -2.38. The lowest BCUT2D eigenvalue weighted by molar-refractivity contribution is 0.215. The molecule has 0 unspecified atom stereocenters. The SMILES string of the molecule is COc1ccc2cc1Oc1ccc(cc1)C[C@@H]1c3c(cc(OC)c(c3OC)Oc3c(OC)c(OC)cc4c3[C@H](C2)N(C)CC4)CCN1C. The number of hydrogen-bond acceptors (Lipinski definition) is 9. The third-order valence-corrected chi connectivity index (χ3v) is 10.1. The van der Waals surface area contributed by atoms with Crippen molar-refractivity contribution in [3.05, 3.63) is 88.0 Å². The van der Waals surface area contributed by atoms with Gasteiger partial charge in [-0.3, -0.25) is 9.80 Å². The molecule has 0 fully saturated rings. The summed E-state index contributed by atoms with van der Waals surface area (Å²) in [6.45, 7) is 1.78. The van der Waals surface area contributed by atoms with Gasteiger partial charge in [-0.1, -0.05) is 18.2 Å². The first-order valence-electron chi connectivity index (χ1n) is 16.4. The van der Waals surface area contributed by atoms with E-state index in [0.29, 0.717) is 52.4 Å². The molecule has 252 valence electrons. The summed E-state index contributed by atoms with van der Waals surface area (Å²) >= 11 is 0. The van der Waals surface area contributed by atoms with E-state index in [-0.39, 0.29) is 12.1 Å². The van der Waals surface area contributed by atoms with Crippen molar-refractivity contribution >= 4 is 0 Å². The number of nitrogens with zero attached hydrogens (tertiary/aromatic N) is 2. The molecule has 0 amide bonds. The molecule has 0 aromatic heterocycles. The minimum Gasteiger partial charge on any atom is -0.493 e. The second-order valence-corrected chi connectivity index (χ2v) is 12.8. The number of methoxy groups -OCH3 is 5. The molecule has 0 radical (unpaired) electrons. The maximum absolute atomic E-state index is 7.13. The van der Waals surface area contributed by atoms with Crippen molar-refractivity contribution < 1.29 is 33.2 Å². The molecule has 0 spiro atoms. The average Bonchev–Trinajstić information content (AvgIpc) is 3.10. The van der Waals surface area contributed by atoms with Crippen molar-refractivity contribution in [2.75, 3.05) is 62.7 Å². The molecule has 0 saturated carbocycles. The van der Waals surface area contributed by atoms with Gasteiger partial charge in [0.25, 0.3) is 0 Å². The van der Waals surface area contributed by atoms with E-state index in [1.165, 1.54) is 11.1 Å². The number of benzene rings is 4. The summed E-state index contributed by atoms with van der Waals surface area (Å²) in [4.78, 5) is 4.76. The molecule has 8 rings (SSSR count). The predicted molar refractivity (Wildman–Crippen MR) is 184 cm³/mol. The van der Waals surface area contributed by atoms with Gasteiger partial charge in [0.1, 0.15) is 5.75 Å². The monoisotopic (exact) mass is 652 g/mol. The number of ether oxygens (including phenoxy) is 7. The molecule has 4 aliphatic rings. The van der Waals surface area contributed by atoms with Crippen LogP contribution in [0.25, 0.3) is 0 Å². The molecule has 9 nitrogen and oxygen atoms in total. The molecule has 0 saturated heterocycles. The van der Waals surface area contributed by atoms with Crippen LogP contribution < -0.4 is 33.2 Å². The summed E-state index contributed by atoms with van der Waals surface area (Å²) in [6, 6.07) is 18.7. The fourth-order valence-corrected chi connectivity index (χ4v) is 7.56. The standard InChI is InChI=1S/C39H44N2O7/c1-40-16-14-25-22-33(44-5)37-38(46-7)34(25)28(40)18-23-8-11-27(12-9-23)47-31-20-24(10-13-30(31)42-3)19-29-35-26(15-17-41(29)2)21-32(43-4)36(45-6)39(35)48-37/h8-13,20-22,28-29H,14-19H2,1-7H3/t28-,29+/m1/s1. The number of hydrogen-bond donors (Lipinski definition) is 0. The Labute approximate surface area is 282 Å². The van der Waals surface area contributed by atoms with Gasteiger partial charge in [0.05, 0.1) is 35.5 Å². The first kappa shape index (κ1) is 32.0. The number of likely N-dealkylation sites (N-methyl/N-ethyl adjacent to an activating group) is 2. The molecule has 4 aromatic carbocycles. The zero-order valence-electron chi connectivity index (χ0n) is 28.8. The van der Waals surface area contributed by atoms with Gasteiger partial charge in [0.2, 0.25) is 11.5 Å². The fraction of sp³-hybridized carbons (Fsp3) is 0.385. The van der Waals surface area contributed by atoms with Crippen LogP contribution in [0.5, 0.6) is 51.7 Å². The minimum absolute atomic E-state index is 0.0411. The van der Waals surface area contributed by atoms with Gasteiger partial charge in [-0.25, -0.2) is 0 Å². The smallest absolute Gasteiger partial charge is 0.211 e. The lowest BCUT2D eigenvalue weighted by atomic mass is 9.86. The van der Waals surface area contributed by atoms with Crippen molar-refractivity contribution in [2.45, 2.75) is 37.8 Å². The molecule has 2 atom stereocenters. The topological polar surface area (TPSA) is 71.1 Å². The predicted octanol–water partition coefficient (Wildman–Crippen LogP) is 7.17. The Kier molecular flexibility index (Phi) is 8.74. The summed E-state index contributed by atoms with van der Waals surface area (Å²) in [6.07, 6.45) is 3.17. The van der Waals surface area contributed by atoms with Crippen LogP contribution in [-0.2, 0) is 25.7 Å². The maximum atomic E-state index is 7.13. The van der Waals surface area contributed by atoms with Crippen LogP contribution in [0.15, 0.2) is 54.6 Å². The molecular weight excluding hydrogens is 608 g/mol. The molecule has 0 N–H and O–H groups in total. The van der Waals surface area contributed by atoms with Gasteiger partial charge >= 0.3 is 0 Å². The highest BCUT2D eigenvalue weighted by molar-refractivity contribution is 5.67. The Morgan fingerprint density at radius 2 is 1.15 bits per heavy atom. The fourth-order valence-electron chi connectivity index (χ4n) is 7.56. The minimum atomic E-state index is -0.0449. The second kappa shape index (κ2) is 13.1. The van der Waals surface area contributed by atoms with Crippen LogP contribution in [0, 0.1) is 0 Å². The van der Waals surface area contributed by atoms with Crippen LogP contribution in [0.4, 0.5) is 0 Å². The summed E-state index contributed by atoms with van der Waals surface area (Å²) < 4.78 is 43.6. The Morgan fingerprint density at radius 3 is 1.79 bits per heavy atom. The largest absolute Gasteiger partial charge is 0.493 e. The number of rotatable bonds is 5. The van der Waals surface area contributed by atoms with Gasteiger partial charge in [-0.2, -0.15) is 0 Å². The third kappa shape index (κ3) is 5.54. The molecule has 48 heavy (non-hydrogen) atoms. The van der Waals surface area contributed by atoms with Gasteiger partial charge < -0.3 is 33.2 Å². The Morgan fingerprint density at radius 1 is 0.562 bits per heavy atom. The van der Waals surface area contributed by atoms with Crippen LogP contribution in [0.2, 0.25) is 0 Å². The van der Waals surface area contributed by atoms with Crippen LogP contribution in [0.1, 0.15) is 45.5 Å². The van der Waals surface area contributed by atoms with E-state index in [2.05, 4.69) is 60.3 Å². The lowest BCUT2D eigenvalue weighted by Crippen LogP contribution is -2.34. The van der Waals surface area contributed by atoms with Crippen molar-refractivity contribution in [1.29, 1.82) is 0 Å². The zero-order valence-corrected chi connectivity index (χ0v) is 28.8. The molecule has 4 aliphatic heterocycles. The van der Waals surface area contributed by atoms with Crippen LogP contribution in [-0.4, -0.2) is 72.5 Å². The normalized spacial score (nSPS) is 18.8. The quantitative estimate of drug-likeness (QED) is 0.223. The highest BCUT2D eigenvalue weighted by Gasteiger charge is 2.37. The molecule has 6 bridgehead atoms.